The summed E-state index contributed by atoms with van der Waals surface area (Å²) in [4.78, 5) is 4.14. The molecule has 100 valence electrons. The van der Waals surface area contributed by atoms with Crippen molar-refractivity contribution in [1.82, 2.24) is 14.8 Å². The van der Waals surface area contributed by atoms with Gasteiger partial charge >= 0.3 is 7.12 Å². The van der Waals surface area contributed by atoms with Gasteiger partial charge in [-0.2, -0.15) is 5.10 Å². The second-order valence-corrected chi connectivity index (χ2v) is 4.51. The van der Waals surface area contributed by atoms with Crippen molar-refractivity contribution in [2.24, 2.45) is 0 Å². The first-order valence-corrected chi connectivity index (χ1v) is 6.11. The molecule has 0 amide bonds. The van der Waals surface area contributed by atoms with E-state index in [1.54, 1.807) is 0 Å². The van der Waals surface area contributed by atoms with Gasteiger partial charge in [0.1, 0.15) is 5.82 Å². The summed E-state index contributed by atoms with van der Waals surface area (Å²) in [5, 5.41) is 23.3. The molecule has 2 aromatic heterocycles. The van der Waals surface area contributed by atoms with Gasteiger partial charge in [-0.1, -0.05) is 11.6 Å². The molecule has 5 nitrogen and oxygen atoms in total. The first-order chi connectivity index (χ1) is 9.58. The third-order valence-corrected chi connectivity index (χ3v) is 3.17. The van der Waals surface area contributed by atoms with E-state index >= 15 is 0 Å². The van der Waals surface area contributed by atoms with Crippen LogP contribution in [-0.2, 0) is 0 Å². The number of hydrogen-bond donors (Lipinski definition) is 2. The standard InChI is InChI=1S/C12H8BClFN3O2/c14-11-10-9(13(19)20)5-6-16-12(10)18(17-11)8-3-1-7(15)2-4-8/h1-6,19-20H. The number of fused-ring (bicyclic) bond motifs is 1. The van der Waals surface area contributed by atoms with Gasteiger partial charge in [-0.25, -0.2) is 14.1 Å². The molecule has 1 aromatic carbocycles. The monoisotopic (exact) mass is 291 g/mol. The Morgan fingerprint density at radius 3 is 2.50 bits per heavy atom. The van der Waals surface area contributed by atoms with Gasteiger partial charge in [0.15, 0.2) is 10.8 Å². The molecule has 0 bridgehead atoms. The van der Waals surface area contributed by atoms with Crippen LogP contribution in [0, 0.1) is 5.82 Å². The van der Waals surface area contributed by atoms with Crippen LogP contribution in [0.5, 0.6) is 0 Å². The van der Waals surface area contributed by atoms with Crippen LogP contribution in [0.15, 0.2) is 36.5 Å². The minimum atomic E-state index is -1.68. The van der Waals surface area contributed by atoms with Gasteiger partial charge in [-0.3, -0.25) is 0 Å². The summed E-state index contributed by atoms with van der Waals surface area (Å²) < 4.78 is 14.4. The van der Waals surface area contributed by atoms with E-state index in [9.17, 15) is 14.4 Å². The first-order valence-electron chi connectivity index (χ1n) is 5.73. The number of rotatable bonds is 2. The maximum absolute atomic E-state index is 13.0. The molecule has 0 saturated carbocycles. The van der Waals surface area contributed by atoms with Crippen LogP contribution >= 0.6 is 11.6 Å². The number of benzene rings is 1. The van der Waals surface area contributed by atoms with Gasteiger partial charge in [-0.05, 0) is 35.8 Å². The molecule has 2 N–H and O–H groups in total. The molecule has 0 aliphatic heterocycles. The molecule has 0 fully saturated rings. The predicted molar refractivity (Wildman–Crippen MR) is 73.7 cm³/mol. The van der Waals surface area contributed by atoms with E-state index in [0.29, 0.717) is 16.7 Å². The molecule has 0 atom stereocenters. The highest BCUT2D eigenvalue weighted by atomic mass is 35.5. The lowest BCUT2D eigenvalue weighted by Crippen LogP contribution is -2.30. The van der Waals surface area contributed by atoms with Crippen LogP contribution < -0.4 is 5.46 Å². The Balaban J connectivity index is 2.28. The Morgan fingerprint density at radius 1 is 1.15 bits per heavy atom. The van der Waals surface area contributed by atoms with Crippen molar-refractivity contribution in [1.29, 1.82) is 0 Å². The summed E-state index contributed by atoms with van der Waals surface area (Å²) in [6.07, 6.45) is 1.43. The van der Waals surface area contributed by atoms with Crippen molar-refractivity contribution in [2.45, 2.75) is 0 Å². The largest absolute Gasteiger partial charge is 0.489 e. The van der Waals surface area contributed by atoms with E-state index in [-0.39, 0.29) is 16.4 Å². The zero-order valence-electron chi connectivity index (χ0n) is 10.0. The molecule has 3 rings (SSSR count). The van der Waals surface area contributed by atoms with Crippen LogP contribution in [0.3, 0.4) is 0 Å². The summed E-state index contributed by atoms with van der Waals surface area (Å²) in [5.74, 6) is -0.365. The number of nitrogens with zero attached hydrogens (tertiary/aromatic N) is 3. The number of halogens is 2. The molecular formula is C12H8BClFN3O2. The normalized spacial score (nSPS) is 11.0. The average molecular weight is 291 g/mol. The summed E-state index contributed by atoms with van der Waals surface area (Å²) in [7, 11) is -1.68. The highest BCUT2D eigenvalue weighted by molar-refractivity contribution is 6.62. The van der Waals surface area contributed by atoms with Crippen molar-refractivity contribution in [3.8, 4) is 5.69 Å². The van der Waals surface area contributed by atoms with E-state index in [1.165, 1.54) is 41.2 Å². The minimum absolute atomic E-state index is 0.0977. The number of pyridine rings is 1. The van der Waals surface area contributed by atoms with Crippen LogP contribution in [0.4, 0.5) is 4.39 Å². The molecule has 8 heteroatoms. The Labute approximate surface area is 118 Å². The Hall–Kier alpha value is -1.96. The lowest BCUT2D eigenvalue weighted by atomic mass is 9.79. The van der Waals surface area contributed by atoms with Gasteiger partial charge in [-0.15, -0.1) is 0 Å². The summed E-state index contributed by atoms with van der Waals surface area (Å²) in [5.41, 5.74) is 1.15. The predicted octanol–water partition coefficient (Wildman–Crippen LogP) is 0.893. The quantitative estimate of drug-likeness (QED) is 0.688. The topological polar surface area (TPSA) is 71.2 Å². The number of aromatic nitrogens is 3. The zero-order valence-corrected chi connectivity index (χ0v) is 10.8. The van der Waals surface area contributed by atoms with Gasteiger partial charge in [0.2, 0.25) is 0 Å². The first kappa shape index (κ1) is 13.0. The van der Waals surface area contributed by atoms with Gasteiger partial charge in [0.25, 0.3) is 0 Å². The highest BCUT2D eigenvalue weighted by Crippen LogP contribution is 2.22. The molecule has 2 heterocycles. The lowest BCUT2D eigenvalue weighted by molar-refractivity contribution is 0.426. The van der Waals surface area contributed by atoms with E-state index < -0.39 is 7.12 Å². The summed E-state index contributed by atoms with van der Waals surface area (Å²) in [6.45, 7) is 0. The van der Waals surface area contributed by atoms with Crippen LogP contribution in [0.1, 0.15) is 0 Å². The molecule has 0 aliphatic carbocycles. The van der Waals surface area contributed by atoms with Crippen molar-refractivity contribution >= 4 is 35.2 Å². The van der Waals surface area contributed by atoms with E-state index in [0.717, 1.165) is 0 Å². The molecule has 0 unspecified atom stereocenters. The van der Waals surface area contributed by atoms with E-state index in [1.807, 2.05) is 0 Å². The van der Waals surface area contributed by atoms with Crippen molar-refractivity contribution in [3.05, 3.63) is 47.5 Å². The SMILES string of the molecule is OB(O)c1ccnc2c1c(Cl)nn2-c1ccc(F)cc1. The number of hydrogen-bond acceptors (Lipinski definition) is 4. The van der Waals surface area contributed by atoms with Gasteiger partial charge < -0.3 is 10.0 Å². The van der Waals surface area contributed by atoms with Gasteiger partial charge in [0, 0.05) is 6.20 Å². The molecule has 0 spiro atoms. The van der Waals surface area contributed by atoms with E-state index in [4.69, 9.17) is 11.6 Å². The highest BCUT2D eigenvalue weighted by Gasteiger charge is 2.21. The third kappa shape index (κ3) is 2.05. The molecule has 3 aromatic rings. The van der Waals surface area contributed by atoms with E-state index in [2.05, 4.69) is 10.1 Å². The van der Waals surface area contributed by atoms with Crippen LogP contribution in [-0.4, -0.2) is 31.9 Å². The second kappa shape index (κ2) is 4.86. The fourth-order valence-corrected chi connectivity index (χ4v) is 2.27. The fraction of sp³-hybridized carbons (Fsp3) is 0. The average Bonchev–Trinajstić information content (AvgIpc) is 2.77. The summed E-state index contributed by atoms with van der Waals surface area (Å²) in [6, 6.07) is 7.10. The van der Waals surface area contributed by atoms with Crippen molar-refractivity contribution in [3.63, 3.8) is 0 Å². The Morgan fingerprint density at radius 2 is 1.85 bits per heavy atom. The molecule has 0 radical (unpaired) electrons. The fourth-order valence-electron chi connectivity index (χ4n) is 2.00. The molecule has 0 saturated heterocycles. The second-order valence-electron chi connectivity index (χ2n) is 4.15. The van der Waals surface area contributed by atoms with Crippen molar-refractivity contribution < 1.29 is 14.4 Å². The third-order valence-electron chi connectivity index (χ3n) is 2.91. The van der Waals surface area contributed by atoms with Gasteiger partial charge in [0.05, 0.1) is 11.1 Å². The maximum atomic E-state index is 13.0. The Kier molecular flexibility index (Phi) is 3.17. The maximum Gasteiger partial charge on any atom is 0.489 e. The Bertz CT molecular complexity index is 776. The molecule has 20 heavy (non-hydrogen) atoms. The zero-order chi connectivity index (χ0) is 14.3. The molecular weight excluding hydrogens is 283 g/mol. The smallest absolute Gasteiger partial charge is 0.423 e. The van der Waals surface area contributed by atoms with Crippen molar-refractivity contribution in [2.75, 3.05) is 0 Å². The van der Waals surface area contributed by atoms with Crippen LogP contribution in [0.25, 0.3) is 16.7 Å². The minimum Gasteiger partial charge on any atom is -0.423 e. The summed E-state index contributed by atoms with van der Waals surface area (Å²) >= 11 is 6.04. The molecule has 0 aliphatic rings. The lowest BCUT2D eigenvalue weighted by Gasteiger charge is -2.04. The van der Waals surface area contributed by atoms with Crippen LogP contribution in [0.2, 0.25) is 5.15 Å².